The SMILES string of the molecule is CSc1cc2c(c(C(=O)NC[C@@H]3CCCN3CCCc3ccccc3)c1)OC(C)(C)C2. The summed E-state index contributed by atoms with van der Waals surface area (Å²) < 4.78 is 6.15. The standard InChI is InChI=1S/C26H34N2O2S/c1-26(2)17-20-15-22(31-3)16-23(24(20)30-26)25(29)27-18-21-12-8-14-28(21)13-7-11-19-9-5-4-6-10-19/h4-6,9-10,15-16,21H,7-8,11-14,17-18H2,1-3H3,(H,27,29)/t21-/m0/s1. The minimum atomic E-state index is -0.255. The lowest BCUT2D eigenvalue weighted by atomic mass is 10.0. The largest absolute Gasteiger partial charge is 0.486 e. The van der Waals surface area contributed by atoms with Gasteiger partial charge in [0.25, 0.3) is 5.91 Å². The fraction of sp³-hybridized carbons (Fsp3) is 0.500. The van der Waals surface area contributed by atoms with Crippen LogP contribution in [0.15, 0.2) is 47.4 Å². The molecule has 1 saturated heterocycles. The molecule has 2 aliphatic rings. The first-order valence-corrected chi connectivity index (χ1v) is 12.6. The molecule has 2 aromatic rings. The van der Waals surface area contributed by atoms with E-state index in [9.17, 15) is 4.79 Å². The third kappa shape index (κ3) is 5.45. The minimum Gasteiger partial charge on any atom is -0.486 e. The van der Waals surface area contributed by atoms with Crippen molar-refractivity contribution in [3.63, 3.8) is 0 Å². The highest BCUT2D eigenvalue weighted by atomic mass is 32.2. The second-order valence-corrected chi connectivity index (χ2v) is 10.2. The van der Waals surface area contributed by atoms with Gasteiger partial charge < -0.3 is 10.1 Å². The van der Waals surface area contributed by atoms with Gasteiger partial charge in [-0.1, -0.05) is 30.3 Å². The van der Waals surface area contributed by atoms with Crippen LogP contribution in [0.2, 0.25) is 0 Å². The highest BCUT2D eigenvalue weighted by Gasteiger charge is 2.34. The smallest absolute Gasteiger partial charge is 0.255 e. The Bertz CT molecular complexity index is 913. The van der Waals surface area contributed by atoms with Crippen molar-refractivity contribution in [2.45, 2.75) is 62.5 Å². The molecule has 1 atom stereocenters. The first kappa shape index (κ1) is 22.2. The van der Waals surface area contributed by atoms with E-state index >= 15 is 0 Å². The van der Waals surface area contributed by atoms with E-state index in [-0.39, 0.29) is 11.5 Å². The molecule has 1 fully saturated rings. The van der Waals surface area contributed by atoms with E-state index in [0.29, 0.717) is 18.2 Å². The van der Waals surface area contributed by atoms with Gasteiger partial charge in [0.1, 0.15) is 11.4 Å². The van der Waals surface area contributed by atoms with Crippen LogP contribution in [0.4, 0.5) is 0 Å². The normalized spacial score (nSPS) is 19.8. The van der Waals surface area contributed by atoms with Crippen molar-refractivity contribution < 1.29 is 9.53 Å². The molecular weight excluding hydrogens is 404 g/mol. The van der Waals surface area contributed by atoms with Gasteiger partial charge in [-0.3, -0.25) is 9.69 Å². The van der Waals surface area contributed by atoms with Crippen LogP contribution >= 0.6 is 11.8 Å². The molecule has 166 valence electrons. The van der Waals surface area contributed by atoms with E-state index in [2.05, 4.69) is 66.7 Å². The molecule has 2 aliphatic heterocycles. The Balaban J connectivity index is 1.35. The summed E-state index contributed by atoms with van der Waals surface area (Å²) in [4.78, 5) is 16.8. The summed E-state index contributed by atoms with van der Waals surface area (Å²) in [6.45, 7) is 7.08. The number of nitrogens with one attached hydrogen (secondary N) is 1. The molecule has 4 nitrogen and oxygen atoms in total. The number of benzene rings is 2. The fourth-order valence-electron chi connectivity index (χ4n) is 4.83. The molecule has 2 aromatic carbocycles. The average molecular weight is 439 g/mol. The third-order valence-electron chi connectivity index (χ3n) is 6.37. The van der Waals surface area contributed by atoms with Crippen molar-refractivity contribution in [3.05, 3.63) is 59.2 Å². The van der Waals surface area contributed by atoms with E-state index < -0.39 is 0 Å². The summed E-state index contributed by atoms with van der Waals surface area (Å²) >= 11 is 1.67. The number of thioether (sulfide) groups is 1. The van der Waals surface area contributed by atoms with Crippen molar-refractivity contribution >= 4 is 17.7 Å². The van der Waals surface area contributed by atoms with Gasteiger partial charge in [0.2, 0.25) is 0 Å². The predicted octanol–water partition coefficient (Wildman–Crippen LogP) is 4.95. The van der Waals surface area contributed by atoms with Crippen molar-refractivity contribution in [1.82, 2.24) is 10.2 Å². The van der Waals surface area contributed by atoms with E-state index in [1.807, 2.05) is 6.07 Å². The van der Waals surface area contributed by atoms with Gasteiger partial charge in [0, 0.05) is 29.5 Å². The number of carbonyl (C=O) groups excluding carboxylic acids is 1. The van der Waals surface area contributed by atoms with E-state index in [4.69, 9.17) is 4.74 Å². The maximum absolute atomic E-state index is 13.1. The summed E-state index contributed by atoms with van der Waals surface area (Å²) in [6.07, 6.45) is 7.52. The highest BCUT2D eigenvalue weighted by Crippen LogP contribution is 2.40. The molecule has 0 aliphatic carbocycles. The molecule has 0 saturated carbocycles. The predicted molar refractivity (Wildman–Crippen MR) is 128 cm³/mol. The van der Waals surface area contributed by atoms with Crippen LogP contribution in [-0.2, 0) is 12.8 Å². The number of rotatable bonds is 8. The summed E-state index contributed by atoms with van der Waals surface area (Å²) in [7, 11) is 0. The van der Waals surface area contributed by atoms with E-state index in [0.717, 1.165) is 55.0 Å². The zero-order valence-electron chi connectivity index (χ0n) is 18.9. The fourth-order valence-corrected chi connectivity index (χ4v) is 5.32. The Morgan fingerprint density at radius 1 is 1.26 bits per heavy atom. The van der Waals surface area contributed by atoms with Crippen LogP contribution in [0.3, 0.4) is 0 Å². The van der Waals surface area contributed by atoms with Crippen LogP contribution in [0.1, 0.15) is 54.6 Å². The van der Waals surface area contributed by atoms with E-state index in [1.165, 1.54) is 12.0 Å². The Labute approximate surface area is 190 Å². The number of nitrogens with zero attached hydrogens (tertiary/aromatic N) is 1. The van der Waals surface area contributed by atoms with Crippen molar-refractivity contribution in [2.24, 2.45) is 0 Å². The Morgan fingerprint density at radius 3 is 2.84 bits per heavy atom. The van der Waals surface area contributed by atoms with Gasteiger partial charge in [-0.25, -0.2) is 0 Å². The Morgan fingerprint density at radius 2 is 2.06 bits per heavy atom. The second kappa shape index (κ2) is 9.66. The number of aryl methyl sites for hydroxylation is 1. The molecule has 0 bridgehead atoms. The quantitative estimate of drug-likeness (QED) is 0.592. The lowest BCUT2D eigenvalue weighted by molar-refractivity contribution is 0.0926. The van der Waals surface area contributed by atoms with Gasteiger partial charge in [-0.15, -0.1) is 11.8 Å². The molecule has 0 spiro atoms. The summed E-state index contributed by atoms with van der Waals surface area (Å²) in [5.41, 5.74) is 2.97. The van der Waals surface area contributed by atoms with Crippen molar-refractivity contribution in [3.8, 4) is 5.75 Å². The summed E-state index contributed by atoms with van der Waals surface area (Å²) in [5, 5.41) is 3.22. The van der Waals surface area contributed by atoms with E-state index in [1.54, 1.807) is 11.8 Å². The average Bonchev–Trinajstić information content (AvgIpc) is 3.33. The van der Waals surface area contributed by atoms with Crippen molar-refractivity contribution in [2.75, 3.05) is 25.9 Å². The molecule has 0 aromatic heterocycles. The number of amides is 1. The number of ether oxygens (including phenoxy) is 1. The van der Waals surface area contributed by atoms with Gasteiger partial charge in [-0.2, -0.15) is 0 Å². The van der Waals surface area contributed by atoms with Crippen LogP contribution in [0.5, 0.6) is 5.75 Å². The third-order valence-corrected chi connectivity index (χ3v) is 7.07. The molecule has 31 heavy (non-hydrogen) atoms. The number of likely N-dealkylation sites (tertiary alicyclic amines) is 1. The minimum absolute atomic E-state index is 0.0130. The topological polar surface area (TPSA) is 41.6 Å². The lowest BCUT2D eigenvalue weighted by Gasteiger charge is -2.25. The van der Waals surface area contributed by atoms with Crippen LogP contribution in [0.25, 0.3) is 0 Å². The first-order valence-electron chi connectivity index (χ1n) is 11.4. The molecule has 1 N–H and O–H groups in total. The number of hydrogen-bond acceptors (Lipinski definition) is 4. The molecule has 0 radical (unpaired) electrons. The number of hydrogen-bond donors (Lipinski definition) is 1. The maximum atomic E-state index is 13.1. The van der Waals surface area contributed by atoms with Gasteiger partial charge >= 0.3 is 0 Å². The second-order valence-electron chi connectivity index (χ2n) is 9.33. The molecule has 1 amide bonds. The van der Waals surface area contributed by atoms with Crippen molar-refractivity contribution in [1.29, 1.82) is 0 Å². The lowest BCUT2D eigenvalue weighted by Crippen LogP contribution is -2.40. The molecule has 0 unspecified atom stereocenters. The molecular formula is C26H34N2O2S. The Kier molecular flexibility index (Phi) is 6.92. The summed E-state index contributed by atoms with van der Waals surface area (Å²) in [6, 6.07) is 15.3. The summed E-state index contributed by atoms with van der Waals surface area (Å²) in [5.74, 6) is 0.757. The maximum Gasteiger partial charge on any atom is 0.255 e. The molecule has 4 rings (SSSR count). The van der Waals surface area contributed by atoms with Crippen LogP contribution in [0, 0.1) is 0 Å². The zero-order valence-corrected chi connectivity index (χ0v) is 19.8. The number of fused-ring (bicyclic) bond motifs is 1. The molecule has 2 heterocycles. The molecule has 5 heteroatoms. The van der Waals surface area contributed by atoms with Gasteiger partial charge in [0.15, 0.2) is 0 Å². The Hall–Kier alpha value is -1.98. The number of carbonyl (C=O) groups is 1. The first-order chi connectivity index (χ1) is 14.9. The monoisotopic (exact) mass is 438 g/mol. The van der Waals surface area contributed by atoms with Crippen LogP contribution < -0.4 is 10.1 Å². The zero-order chi connectivity index (χ0) is 21.8. The van der Waals surface area contributed by atoms with Gasteiger partial charge in [-0.05, 0) is 76.6 Å². The van der Waals surface area contributed by atoms with Crippen LogP contribution in [-0.4, -0.2) is 48.3 Å². The highest BCUT2D eigenvalue weighted by molar-refractivity contribution is 7.98. The van der Waals surface area contributed by atoms with Gasteiger partial charge in [0.05, 0.1) is 5.56 Å².